The third-order valence-corrected chi connectivity index (χ3v) is 8.76. The SMILES string of the molecule is C=CCS(=O)(=O)CC(C)(C(=O)NO)S(=O)(=O)CC=C.Clc1ccccc1.Clc1ccccc1. The van der Waals surface area contributed by atoms with Gasteiger partial charge in [-0.2, -0.15) is 0 Å². The van der Waals surface area contributed by atoms with Gasteiger partial charge in [0.25, 0.3) is 5.91 Å². The van der Waals surface area contributed by atoms with Crippen LogP contribution in [-0.4, -0.2) is 50.0 Å². The molecule has 0 aromatic heterocycles. The molecule has 33 heavy (non-hydrogen) atoms. The quantitative estimate of drug-likeness (QED) is 0.298. The molecule has 0 aliphatic carbocycles. The first kappa shape index (κ1) is 30.8. The molecule has 0 aliphatic heterocycles. The van der Waals surface area contributed by atoms with E-state index in [0.29, 0.717) is 0 Å². The van der Waals surface area contributed by atoms with E-state index in [4.69, 9.17) is 28.4 Å². The Morgan fingerprint density at radius 3 is 1.58 bits per heavy atom. The molecule has 11 heteroatoms. The van der Waals surface area contributed by atoms with Gasteiger partial charge in [0.1, 0.15) is 0 Å². The van der Waals surface area contributed by atoms with E-state index in [1.807, 2.05) is 60.7 Å². The van der Waals surface area contributed by atoms with E-state index in [9.17, 15) is 21.6 Å². The van der Waals surface area contributed by atoms with Crippen molar-refractivity contribution in [1.29, 1.82) is 0 Å². The van der Waals surface area contributed by atoms with Gasteiger partial charge in [0.05, 0.1) is 17.3 Å². The number of amides is 1. The van der Waals surface area contributed by atoms with Crippen molar-refractivity contribution in [3.63, 3.8) is 0 Å². The van der Waals surface area contributed by atoms with Crippen LogP contribution in [0.4, 0.5) is 0 Å². The molecular formula is C22H27Cl2NO6S2. The van der Waals surface area contributed by atoms with Gasteiger partial charge in [0.15, 0.2) is 24.4 Å². The number of carbonyl (C=O) groups excluding carboxylic acids is 1. The molecule has 2 rings (SSSR count). The Morgan fingerprint density at radius 1 is 0.909 bits per heavy atom. The zero-order chi connectivity index (χ0) is 25.5. The lowest BCUT2D eigenvalue weighted by molar-refractivity contribution is -0.131. The molecule has 0 heterocycles. The summed E-state index contributed by atoms with van der Waals surface area (Å²) < 4.78 is 45.1. The maximum absolute atomic E-state index is 12.0. The molecule has 0 bridgehead atoms. The van der Waals surface area contributed by atoms with E-state index in [0.717, 1.165) is 29.1 Å². The molecule has 0 radical (unpaired) electrons. The van der Waals surface area contributed by atoms with Crippen molar-refractivity contribution in [3.05, 3.63) is 96.0 Å². The summed E-state index contributed by atoms with van der Waals surface area (Å²) in [7, 11) is -7.99. The van der Waals surface area contributed by atoms with Crippen LogP contribution >= 0.6 is 23.2 Å². The molecular weight excluding hydrogens is 509 g/mol. The van der Waals surface area contributed by atoms with E-state index in [1.54, 1.807) is 0 Å². The average Bonchev–Trinajstić information content (AvgIpc) is 2.74. The van der Waals surface area contributed by atoms with Crippen molar-refractivity contribution in [1.82, 2.24) is 5.48 Å². The second-order valence-electron chi connectivity index (χ2n) is 6.68. The third kappa shape index (κ3) is 11.5. The number of hydrogen-bond donors (Lipinski definition) is 2. The fourth-order valence-corrected chi connectivity index (χ4v) is 6.24. The Kier molecular flexibility index (Phi) is 13.9. The number of carbonyl (C=O) groups is 1. The van der Waals surface area contributed by atoms with E-state index >= 15 is 0 Å². The van der Waals surface area contributed by atoms with Gasteiger partial charge in [-0.25, -0.2) is 22.3 Å². The summed E-state index contributed by atoms with van der Waals surface area (Å²) in [5.41, 5.74) is 1.19. The highest BCUT2D eigenvalue weighted by Gasteiger charge is 2.48. The summed E-state index contributed by atoms with van der Waals surface area (Å²) in [6.07, 6.45) is 2.13. The molecule has 1 amide bonds. The summed E-state index contributed by atoms with van der Waals surface area (Å²) in [6.45, 7) is 7.43. The summed E-state index contributed by atoms with van der Waals surface area (Å²) in [6, 6.07) is 18.9. The largest absolute Gasteiger partial charge is 0.289 e. The molecule has 1 atom stereocenters. The predicted octanol–water partition coefficient (Wildman–Crippen LogP) is 4.13. The minimum atomic E-state index is -4.14. The fourth-order valence-electron chi connectivity index (χ4n) is 2.24. The van der Waals surface area contributed by atoms with Gasteiger partial charge < -0.3 is 0 Å². The summed E-state index contributed by atoms with van der Waals surface area (Å²) >= 11 is 11.1. The van der Waals surface area contributed by atoms with Crippen LogP contribution in [0.15, 0.2) is 86.0 Å². The van der Waals surface area contributed by atoms with Crippen molar-refractivity contribution < 1.29 is 26.8 Å². The molecule has 0 aliphatic rings. The topological polar surface area (TPSA) is 118 Å². The summed E-state index contributed by atoms with van der Waals surface area (Å²) in [4.78, 5) is 11.6. The average molecular weight is 536 g/mol. The second kappa shape index (κ2) is 14.9. The van der Waals surface area contributed by atoms with Crippen molar-refractivity contribution in [2.75, 3.05) is 17.3 Å². The van der Waals surface area contributed by atoms with Crippen molar-refractivity contribution in [2.45, 2.75) is 11.7 Å². The first-order chi connectivity index (χ1) is 15.3. The van der Waals surface area contributed by atoms with Crippen LogP contribution < -0.4 is 5.48 Å². The van der Waals surface area contributed by atoms with Crippen LogP contribution in [0.2, 0.25) is 10.0 Å². The highest BCUT2D eigenvalue weighted by molar-refractivity contribution is 7.96. The smallest absolute Gasteiger partial charge is 0.265 e. The second-order valence-corrected chi connectivity index (χ2v) is 12.1. The summed E-state index contributed by atoms with van der Waals surface area (Å²) in [5.74, 6) is -3.30. The zero-order valence-electron chi connectivity index (χ0n) is 18.0. The molecule has 1 unspecified atom stereocenters. The molecule has 0 fully saturated rings. The Hall–Kier alpha value is -2.17. The number of hydrogen-bond acceptors (Lipinski definition) is 6. The van der Waals surface area contributed by atoms with Crippen LogP contribution in [0, 0.1) is 0 Å². The minimum absolute atomic E-state index is 0.467. The molecule has 0 saturated heterocycles. The van der Waals surface area contributed by atoms with Gasteiger partial charge in [0.2, 0.25) is 0 Å². The Morgan fingerprint density at radius 2 is 1.30 bits per heavy atom. The number of rotatable bonds is 8. The highest BCUT2D eigenvalue weighted by atomic mass is 35.5. The molecule has 2 aromatic rings. The van der Waals surface area contributed by atoms with Crippen LogP contribution in [0.25, 0.3) is 0 Å². The first-order valence-corrected chi connectivity index (χ1v) is 13.6. The summed E-state index contributed by atoms with van der Waals surface area (Å²) in [5, 5.41) is 10.2. The Balaban J connectivity index is 0.000000584. The van der Waals surface area contributed by atoms with Crippen molar-refractivity contribution in [3.8, 4) is 0 Å². The lowest BCUT2D eigenvalue weighted by atomic mass is 10.2. The maximum atomic E-state index is 12.0. The molecule has 182 valence electrons. The van der Waals surface area contributed by atoms with Crippen LogP contribution in [0.3, 0.4) is 0 Å². The lowest BCUT2D eigenvalue weighted by Crippen LogP contribution is -2.54. The number of hydroxylamine groups is 1. The van der Waals surface area contributed by atoms with Gasteiger partial charge in [-0.05, 0) is 31.2 Å². The first-order valence-electron chi connectivity index (χ1n) is 9.35. The standard InChI is InChI=1S/C10H17NO6S2.2C6H5Cl/c1-4-6-18(14,15)8-10(3,9(12)11-13)19(16,17)7-5-2;2*7-6-4-2-1-3-5-6/h4-5,13H,1-2,6-8H2,3H3,(H,11,12);2*1-5H. The third-order valence-electron chi connectivity index (χ3n) is 3.94. The number of benzene rings is 2. The highest BCUT2D eigenvalue weighted by Crippen LogP contribution is 2.22. The molecule has 2 aromatic carbocycles. The lowest BCUT2D eigenvalue weighted by Gasteiger charge is -2.25. The van der Waals surface area contributed by atoms with Gasteiger partial charge in [-0.1, -0.05) is 71.8 Å². The maximum Gasteiger partial charge on any atom is 0.265 e. The van der Waals surface area contributed by atoms with E-state index in [-0.39, 0.29) is 0 Å². The monoisotopic (exact) mass is 535 g/mol. The molecule has 0 spiro atoms. The normalized spacial score (nSPS) is 12.5. The van der Waals surface area contributed by atoms with Gasteiger partial charge in [0, 0.05) is 10.0 Å². The molecule has 2 N–H and O–H groups in total. The number of nitrogens with one attached hydrogen (secondary N) is 1. The molecule has 0 saturated carbocycles. The number of sulfone groups is 2. The Bertz CT molecular complexity index is 1050. The van der Waals surface area contributed by atoms with Gasteiger partial charge >= 0.3 is 0 Å². The van der Waals surface area contributed by atoms with Crippen molar-refractivity contribution in [2.24, 2.45) is 0 Å². The van der Waals surface area contributed by atoms with Gasteiger partial charge in [-0.15, -0.1) is 13.2 Å². The van der Waals surface area contributed by atoms with Crippen molar-refractivity contribution >= 4 is 48.8 Å². The minimum Gasteiger partial charge on any atom is -0.289 e. The van der Waals surface area contributed by atoms with E-state index < -0.39 is 47.6 Å². The predicted molar refractivity (Wildman–Crippen MR) is 134 cm³/mol. The number of halogens is 2. The fraction of sp³-hybridized carbons (Fsp3) is 0.227. The Labute approximate surface area is 205 Å². The zero-order valence-corrected chi connectivity index (χ0v) is 21.2. The molecule has 7 nitrogen and oxygen atoms in total. The van der Waals surface area contributed by atoms with Gasteiger partial charge in [-0.3, -0.25) is 10.0 Å². The van der Waals surface area contributed by atoms with Crippen LogP contribution in [0.5, 0.6) is 0 Å². The van der Waals surface area contributed by atoms with Crippen LogP contribution in [0.1, 0.15) is 6.92 Å². The van der Waals surface area contributed by atoms with E-state index in [1.165, 1.54) is 5.48 Å². The van der Waals surface area contributed by atoms with Crippen LogP contribution in [-0.2, 0) is 24.5 Å². The van der Waals surface area contributed by atoms with E-state index in [2.05, 4.69) is 13.2 Å².